The lowest BCUT2D eigenvalue weighted by Gasteiger charge is -2.36. The third kappa shape index (κ3) is 5.07. The second-order valence-electron chi connectivity index (χ2n) is 9.82. The molecule has 0 N–H and O–H groups in total. The molecule has 40 heavy (non-hydrogen) atoms. The van der Waals surface area contributed by atoms with Crippen molar-refractivity contribution in [3.05, 3.63) is 68.5 Å². The van der Waals surface area contributed by atoms with Crippen LogP contribution in [0.3, 0.4) is 0 Å². The van der Waals surface area contributed by atoms with Crippen molar-refractivity contribution in [3.8, 4) is 11.5 Å². The number of amides is 1. The van der Waals surface area contributed by atoms with Crippen LogP contribution in [0.2, 0.25) is 0 Å². The zero-order valence-electron chi connectivity index (χ0n) is 22.3. The van der Waals surface area contributed by atoms with Gasteiger partial charge in [0.25, 0.3) is 11.5 Å². The molecule has 2 aromatic heterocycles. The number of carbonyl (C=O) groups is 1. The number of ether oxygens (including phenoxy) is 3. The van der Waals surface area contributed by atoms with E-state index in [1.54, 1.807) is 23.8 Å². The molecule has 1 aromatic carbocycles. The SMILES string of the molecule is COCCN1C(=O)C(=Cc2c(N3CCN(Cc4ccc5c(c4)OCO5)CC3)nc3c(C)cccn3c2=O)SC1=S. The minimum atomic E-state index is -0.222. The van der Waals surface area contributed by atoms with Gasteiger partial charge < -0.3 is 19.1 Å². The first-order valence-electron chi connectivity index (χ1n) is 13.0. The van der Waals surface area contributed by atoms with E-state index in [0.717, 1.165) is 42.3 Å². The number of nitrogens with zero attached hydrogens (tertiary/aromatic N) is 5. The number of aromatic nitrogens is 2. The summed E-state index contributed by atoms with van der Waals surface area (Å²) in [5.41, 5.74) is 2.84. The Bertz CT molecular complexity index is 1580. The second-order valence-corrected chi connectivity index (χ2v) is 11.5. The van der Waals surface area contributed by atoms with E-state index in [0.29, 0.717) is 52.5 Å². The van der Waals surface area contributed by atoms with Crippen LogP contribution < -0.4 is 19.9 Å². The molecule has 0 atom stereocenters. The highest BCUT2D eigenvalue weighted by atomic mass is 32.2. The number of hydrogen-bond acceptors (Lipinski definition) is 10. The van der Waals surface area contributed by atoms with Gasteiger partial charge in [-0.05, 0) is 42.3 Å². The molecular weight excluding hydrogens is 550 g/mol. The molecule has 12 heteroatoms. The minimum absolute atomic E-state index is 0.214. The molecule has 3 aliphatic heterocycles. The molecule has 0 saturated carbocycles. The number of piperazine rings is 1. The average Bonchev–Trinajstić information content (AvgIpc) is 3.53. The van der Waals surface area contributed by atoms with Crippen molar-refractivity contribution in [2.75, 3.05) is 58.1 Å². The highest BCUT2D eigenvalue weighted by Crippen LogP contribution is 2.34. The Morgan fingerprint density at radius 3 is 2.73 bits per heavy atom. The van der Waals surface area contributed by atoms with Gasteiger partial charge in [-0.1, -0.05) is 36.1 Å². The smallest absolute Gasteiger partial charge is 0.267 e. The zero-order chi connectivity index (χ0) is 27.8. The summed E-state index contributed by atoms with van der Waals surface area (Å²) in [5, 5.41) is 0. The van der Waals surface area contributed by atoms with E-state index in [9.17, 15) is 9.59 Å². The number of aryl methyl sites for hydroxylation is 1. The van der Waals surface area contributed by atoms with Gasteiger partial charge in [-0.15, -0.1) is 0 Å². The molecule has 0 unspecified atom stereocenters. The summed E-state index contributed by atoms with van der Waals surface area (Å²) < 4.78 is 18.1. The number of hydrogen-bond donors (Lipinski definition) is 0. The largest absolute Gasteiger partial charge is 0.454 e. The molecule has 2 fully saturated rings. The standard InChI is InChI=1S/C28H29N5O5S2/c1-18-4-3-7-32-24(18)29-25(20(26(32)34)15-23-27(35)33(12-13-36-2)28(39)40-23)31-10-8-30(9-11-31)16-19-5-6-21-22(14-19)38-17-37-21/h3-7,14-15H,8-13,16-17H2,1-2H3. The van der Waals surface area contributed by atoms with Crippen molar-refractivity contribution in [3.63, 3.8) is 0 Å². The predicted molar refractivity (Wildman–Crippen MR) is 158 cm³/mol. The van der Waals surface area contributed by atoms with Crippen LogP contribution in [-0.4, -0.2) is 82.6 Å². The first-order valence-corrected chi connectivity index (χ1v) is 14.3. The van der Waals surface area contributed by atoms with Gasteiger partial charge in [-0.3, -0.25) is 23.8 Å². The Hall–Kier alpha value is -3.45. The molecule has 0 radical (unpaired) electrons. The van der Waals surface area contributed by atoms with Gasteiger partial charge >= 0.3 is 0 Å². The molecule has 208 valence electrons. The summed E-state index contributed by atoms with van der Waals surface area (Å²) >= 11 is 6.65. The number of carbonyl (C=O) groups excluding carboxylic acids is 1. The number of rotatable bonds is 7. The zero-order valence-corrected chi connectivity index (χ0v) is 23.9. The second kappa shape index (κ2) is 11.2. The lowest BCUT2D eigenvalue weighted by molar-refractivity contribution is -0.122. The van der Waals surface area contributed by atoms with Crippen molar-refractivity contribution in [2.24, 2.45) is 0 Å². The van der Waals surface area contributed by atoms with E-state index < -0.39 is 0 Å². The first kappa shape index (κ1) is 26.8. The van der Waals surface area contributed by atoms with Crippen LogP contribution in [0.25, 0.3) is 11.7 Å². The van der Waals surface area contributed by atoms with E-state index in [1.165, 1.54) is 16.7 Å². The van der Waals surface area contributed by atoms with E-state index in [2.05, 4.69) is 15.9 Å². The average molecular weight is 580 g/mol. The van der Waals surface area contributed by atoms with Gasteiger partial charge in [0.2, 0.25) is 6.79 Å². The Morgan fingerprint density at radius 1 is 1.12 bits per heavy atom. The fourth-order valence-corrected chi connectivity index (χ4v) is 6.38. The van der Waals surface area contributed by atoms with Crippen LogP contribution in [0.1, 0.15) is 16.7 Å². The maximum Gasteiger partial charge on any atom is 0.267 e. The fraction of sp³-hybridized carbons (Fsp3) is 0.357. The summed E-state index contributed by atoms with van der Waals surface area (Å²) in [5.74, 6) is 1.93. The lowest BCUT2D eigenvalue weighted by Crippen LogP contribution is -2.47. The van der Waals surface area contributed by atoms with Crippen molar-refractivity contribution < 1.29 is 19.0 Å². The number of thiocarbonyl (C=S) groups is 1. The van der Waals surface area contributed by atoms with Crippen LogP contribution in [0.5, 0.6) is 11.5 Å². The maximum atomic E-state index is 13.8. The van der Waals surface area contributed by atoms with E-state index in [4.69, 9.17) is 31.4 Å². The number of thioether (sulfide) groups is 1. The fourth-order valence-electron chi connectivity index (χ4n) is 5.09. The van der Waals surface area contributed by atoms with Crippen LogP contribution >= 0.6 is 24.0 Å². The molecule has 0 spiro atoms. The molecule has 1 amide bonds. The predicted octanol–water partition coefficient (Wildman–Crippen LogP) is 2.90. The van der Waals surface area contributed by atoms with Crippen LogP contribution in [0.15, 0.2) is 46.2 Å². The van der Waals surface area contributed by atoms with Gasteiger partial charge in [-0.2, -0.15) is 0 Å². The molecule has 0 bridgehead atoms. The maximum absolute atomic E-state index is 13.8. The molecular formula is C28H29N5O5S2. The summed E-state index contributed by atoms with van der Waals surface area (Å²) in [6.45, 7) is 6.69. The van der Waals surface area contributed by atoms with E-state index in [1.807, 2.05) is 31.2 Å². The Kier molecular flexibility index (Phi) is 7.49. The molecule has 2 saturated heterocycles. The highest BCUT2D eigenvalue weighted by Gasteiger charge is 2.33. The minimum Gasteiger partial charge on any atom is -0.454 e. The first-order chi connectivity index (χ1) is 19.4. The number of fused-ring (bicyclic) bond motifs is 2. The van der Waals surface area contributed by atoms with Gasteiger partial charge in [0.05, 0.1) is 23.6 Å². The monoisotopic (exact) mass is 579 g/mol. The van der Waals surface area contributed by atoms with Gasteiger partial charge in [0, 0.05) is 46.0 Å². The quantitative estimate of drug-likeness (QED) is 0.308. The van der Waals surface area contributed by atoms with Crippen LogP contribution in [0.4, 0.5) is 5.82 Å². The van der Waals surface area contributed by atoms with Crippen molar-refractivity contribution >= 4 is 51.7 Å². The normalized spacial score (nSPS) is 18.5. The molecule has 5 heterocycles. The number of methoxy groups -OCH3 is 1. The van der Waals surface area contributed by atoms with Crippen molar-refractivity contribution in [1.82, 2.24) is 19.2 Å². The van der Waals surface area contributed by atoms with Crippen LogP contribution in [-0.2, 0) is 16.1 Å². The molecule has 0 aliphatic carbocycles. The van der Waals surface area contributed by atoms with E-state index in [-0.39, 0.29) is 18.3 Å². The third-order valence-electron chi connectivity index (χ3n) is 7.25. The lowest BCUT2D eigenvalue weighted by atomic mass is 10.1. The summed E-state index contributed by atoms with van der Waals surface area (Å²) in [7, 11) is 1.58. The number of anilines is 1. The van der Waals surface area contributed by atoms with Crippen LogP contribution in [0, 0.1) is 6.92 Å². The highest BCUT2D eigenvalue weighted by molar-refractivity contribution is 8.26. The molecule has 10 nitrogen and oxygen atoms in total. The Morgan fingerprint density at radius 2 is 1.93 bits per heavy atom. The van der Waals surface area contributed by atoms with Crippen molar-refractivity contribution in [2.45, 2.75) is 13.5 Å². The molecule has 6 rings (SSSR count). The Balaban J connectivity index is 1.28. The summed E-state index contributed by atoms with van der Waals surface area (Å²) in [4.78, 5) is 38.4. The van der Waals surface area contributed by atoms with Crippen molar-refractivity contribution in [1.29, 1.82) is 0 Å². The van der Waals surface area contributed by atoms with Gasteiger partial charge in [0.15, 0.2) is 11.5 Å². The summed E-state index contributed by atoms with van der Waals surface area (Å²) in [6.07, 6.45) is 3.37. The Labute approximate surface area is 241 Å². The topological polar surface area (TPSA) is 88.8 Å². The van der Waals surface area contributed by atoms with Gasteiger partial charge in [0.1, 0.15) is 15.8 Å². The summed E-state index contributed by atoms with van der Waals surface area (Å²) in [6, 6.07) is 9.82. The molecule has 3 aliphatic rings. The molecule has 3 aromatic rings. The van der Waals surface area contributed by atoms with E-state index >= 15 is 0 Å². The van der Waals surface area contributed by atoms with Gasteiger partial charge in [-0.25, -0.2) is 4.98 Å². The number of benzene rings is 1. The third-order valence-corrected chi connectivity index (χ3v) is 8.62. The number of pyridine rings is 1.